The second kappa shape index (κ2) is 11.0. The number of ether oxygens (including phenoxy) is 1. The highest BCUT2D eigenvalue weighted by molar-refractivity contribution is 5.90. The standard InChI is InChI=1S/C33H33N7O3/c1-38(2)33(42)43-26-13-14-27-28(19-26)40(30(36-27)24-12-9-21-6-3-4-7-23(21)18-24)29-15-16-34-32(37-29)35-25-8-5-17-39(20-25)31(41)22-10-11-22/h3-4,6-7,9,12-16,18-19,22,25H,5,8,10-11,17,20H2,1-2H3,(H,34,35,37)/t25-/m0/s1. The van der Waals surface area contributed by atoms with E-state index in [0.717, 1.165) is 59.6 Å². The van der Waals surface area contributed by atoms with Gasteiger partial charge in [0.2, 0.25) is 11.9 Å². The van der Waals surface area contributed by atoms with Crippen molar-refractivity contribution in [3.8, 4) is 23.0 Å². The molecule has 1 saturated carbocycles. The Labute approximate surface area is 249 Å². The third kappa shape index (κ3) is 5.48. The van der Waals surface area contributed by atoms with E-state index in [9.17, 15) is 9.59 Å². The summed E-state index contributed by atoms with van der Waals surface area (Å²) in [4.78, 5) is 42.9. The van der Waals surface area contributed by atoms with Crippen molar-refractivity contribution >= 4 is 39.8 Å². The number of anilines is 1. The zero-order valence-electron chi connectivity index (χ0n) is 24.2. The van der Waals surface area contributed by atoms with Crippen LogP contribution in [0, 0.1) is 5.92 Å². The Morgan fingerprint density at radius 3 is 2.60 bits per heavy atom. The van der Waals surface area contributed by atoms with Crippen molar-refractivity contribution in [1.82, 2.24) is 29.3 Å². The summed E-state index contributed by atoms with van der Waals surface area (Å²) < 4.78 is 7.57. The van der Waals surface area contributed by atoms with Gasteiger partial charge in [-0.3, -0.25) is 9.36 Å². The normalized spacial score (nSPS) is 16.8. The van der Waals surface area contributed by atoms with E-state index in [4.69, 9.17) is 14.7 Å². The lowest BCUT2D eigenvalue weighted by Crippen LogP contribution is -2.45. The molecule has 1 aliphatic heterocycles. The van der Waals surface area contributed by atoms with E-state index in [-0.39, 0.29) is 17.9 Å². The van der Waals surface area contributed by atoms with Crippen molar-refractivity contribution in [3.63, 3.8) is 0 Å². The van der Waals surface area contributed by atoms with Gasteiger partial charge in [0, 0.05) is 57.0 Å². The monoisotopic (exact) mass is 575 g/mol. The Morgan fingerprint density at radius 1 is 0.953 bits per heavy atom. The molecule has 1 saturated heterocycles. The number of carbonyl (C=O) groups excluding carboxylic acids is 2. The molecule has 0 radical (unpaired) electrons. The highest BCUT2D eigenvalue weighted by Crippen LogP contribution is 2.33. The SMILES string of the molecule is CN(C)C(=O)Oc1ccc2nc(-c3ccc4ccccc4c3)n(-c3ccnc(N[C@H]4CCCN(C(=O)C5CC5)C4)n3)c2c1. The van der Waals surface area contributed by atoms with Gasteiger partial charge in [0.25, 0.3) is 0 Å². The Bertz CT molecular complexity index is 1850. The molecule has 0 spiro atoms. The van der Waals surface area contributed by atoms with Gasteiger partial charge in [-0.15, -0.1) is 0 Å². The van der Waals surface area contributed by atoms with E-state index in [0.29, 0.717) is 29.9 Å². The lowest BCUT2D eigenvalue weighted by Gasteiger charge is -2.33. The molecule has 7 rings (SSSR count). The van der Waals surface area contributed by atoms with E-state index < -0.39 is 6.09 Å². The number of hydrogen-bond donors (Lipinski definition) is 1. The van der Waals surface area contributed by atoms with Crippen LogP contribution in [0.5, 0.6) is 5.75 Å². The number of likely N-dealkylation sites (tertiary alicyclic amines) is 1. The third-order valence-electron chi connectivity index (χ3n) is 8.07. The van der Waals surface area contributed by atoms with Gasteiger partial charge in [0.05, 0.1) is 11.0 Å². The van der Waals surface area contributed by atoms with Gasteiger partial charge in [-0.1, -0.05) is 36.4 Å². The predicted octanol–water partition coefficient (Wildman–Crippen LogP) is 5.51. The molecule has 1 aliphatic carbocycles. The first kappa shape index (κ1) is 26.9. The van der Waals surface area contributed by atoms with Gasteiger partial charge in [-0.25, -0.2) is 14.8 Å². The van der Waals surface area contributed by atoms with Crippen LogP contribution in [-0.4, -0.2) is 74.5 Å². The number of fused-ring (bicyclic) bond motifs is 2. The fourth-order valence-electron chi connectivity index (χ4n) is 5.67. The van der Waals surface area contributed by atoms with Crippen molar-refractivity contribution in [2.24, 2.45) is 5.92 Å². The Hall–Kier alpha value is -4.99. The maximum Gasteiger partial charge on any atom is 0.414 e. The summed E-state index contributed by atoms with van der Waals surface area (Å²) in [7, 11) is 3.29. The van der Waals surface area contributed by atoms with Gasteiger partial charge in [-0.2, -0.15) is 4.98 Å². The van der Waals surface area contributed by atoms with Crippen molar-refractivity contribution in [1.29, 1.82) is 0 Å². The smallest absolute Gasteiger partial charge is 0.410 e. The number of piperidine rings is 1. The molecule has 10 heteroatoms. The number of rotatable bonds is 6. The predicted molar refractivity (Wildman–Crippen MR) is 165 cm³/mol. The van der Waals surface area contributed by atoms with E-state index in [1.54, 1.807) is 26.4 Å². The maximum absolute atomic E-state index is 12.7. The molecular weight excluding hydrogens is 542 g/mol. The second-order valence-electron chi connectivity index (χ2n) is 11.5. The first-order valence-corrected chi connectivity index (χ1v) is 14.7. The number of benzene rings is 3. The molecule has 0 unspecified atom stereocenters. The first-order valence-electron chi connectivity index (χ1n) is 14.7. The molecule has 2 aromatic heterocycles. The van der Waals surface area contributed by atoms with E-state index >= 15 is 0 Å². The zero-order valence-corrected chi connectivity index (χ0v) is 24.2. The molecule has 5 aromatic rings. The molecule has 2 amide bonds. The fourth-order valence-corrected chi connectivity index (χ4v) is 5.67. The van der Waals surface area contributed by atoms with Gasteiger partial charge >= 0.3 is 6.09 Å². The molecule has 0 bridgehead atoms. The van der Waals surface area contributed by atoms with Crippen LogP contribution in [0.1, 0.15) is 25.7 Å². The number of amides is 2. The fraction of sp³-hybridized carbons (Fsp3) is 0.303. The van der Waals surface area contributed by atoms with Gasteiger partial charge in [-0.05, 0) is 60.7 Å². The number of carbonyl (C=O) groups is 2. The Kier molecular flexibility index (Phi) is 6.89. The van der Waals surface area contributed by atoms with Crippen LogP contribution in [-0.2, 0) is 4.79 Å². The van der Waals surface area contributed by atoms with Crippen molar-refractivity contribution in [2.75, 3.05) is 32.5 Å². The summed E-state index contributed by atoms with van der Waals surface area (Å²) in [5.74, 6) is 2.72. The molecule has 43 heavy (non-hydrogen) atoms. The number of nitrogens with one attached hydrogen (secondary N) is 1. The summed E-state index contributed by atoms with van der Waals surface area (Å²) in [6.07, 6.45) is 5.17. The number of aromatic nitrogens is 4. The van der Waals surface area contributed by atoms with Crippen molar-refractivity contribution in [2.45, 2.75) is 31.7 Å². The van der Waals surface area contributed by atoms with E-state index in [1.165, 1.54) is 4.90 Å². The second-order valence-corrected chi connectivity index (χ2v) is 11.5. The average Bonchev–Trinajstić information content (AvgIpc) is 3.81. The van der Waals surface area contributed by atoms with Crippen molar-refractivity contribution in [3.05, 3.63) is 72.9 Å². The molecule has 10 nitrogen and oxygen atoms in total. The molecule has 218 valence electrons. The molecule has 3 aromatic carbocycles. The number of nitrogens with zero attached hydrogens (tertiary/aromatic N) is 6. The largest absolute Gasteiger partial charge is 0.414 e. The zero-order chi connectivity index (χ0) is 29.5. The minimum absolute atomic E-state index is 0.0724. The molecule has 1 atom stereocenters. The van der Waals surface area contributed by atoms with Crippen LogP contribution >= 0.6 is 0 Å². The van der Waals surface area contributed by atoms with Crippen molar-refractivity contribution < 1.29 is 14.3 Å². The molecule has 1 N–H and O–H groups in total. The summed E-state index contributed by atoms with van der Waals surface area (Å²) >= 11 is 0. The van der Waals surface area contributed by atoms with Gasteiger partial charge in [0.15, 0.2) is 0 Å². The number of hydrogen-bond acceptors (Lipinski definition) is 7. The first-order chi connectivity index (χ1) is 20.9. The minimum atomic E-state index is -0.463. The van der Waals surface area contributed by atoms with Crippen LogP contribution < -0.4 is 10.1 Å². The highest BCUT2D eigenvalue weighted by atomic mass is 16.6. The van der Waals surface area contributed by atoms with Crippen LogP contribution in [0.25, 0.3) is 39.0 Å². The Balaban J connectivity index is 1.28. The van der Waals surface area contributed by atoms with Crippen LogP contribution in [0.3, 0.4) is 0 Å². The lowest BCUT2D eigenvalue weighted by molar-refractivity contribution is -0.133. The topological polar surface area (TPSA) is 105 Å². The molecule has 3 heterocycles. The summed E-state index contributed by atoms with van der Waals surface area (Å²) in [5, 5.41) is 5.73. The summed E-state index contributed by atoms with van der Waals surface area (Å²) in [6, 6.07) is 21.8. The minimum Gasteiger partial charge on any atom is -0.410 e. The van der Waals surface area contributed by atoms with Crippen LogP contribution in [0.15, 0.2) is 72.9 Å². The quantitative estimate of drug-likeness (QED) is 0.285. The molecular formula is C33H33N7O3. The number of imidazole rings is 1. The van der Waals surface area contributed by atoms with Gasteiger partial charge < -0.3 is 19.9 Å². The summed E-state index contributed by atoms with van der Waals surface area (Å²) in [6.45, 7) is 1.46. The van der Waals surface area contributed by atoms with E-state index in [2.05, 4.69) is 40.6 Å². The van der Waals surface area contributed by atoms with E-state index in [1.807, 2.05) is 39.8 Å². The molecule has 2 aliphatic rings. The van der Waals surface area contributed by atoms with Crippen LogP contribution in [0.4, 0.5) is 10.7 Å². The molecule has 2 fully saturated rings. The Morgan fingerprint density at radius 2 is 1.79 bits per heavy atom. The van der Waals surface area contributed by atoms with Crippen LogP contribution in [0.2, 0.25) is 0 Å². The highest BCUT2D eigenvalue weighted by Gasteiger charge is 2.35. The maximum atomic E-state index is 12.7. The summed E-state index contributed by atoms with van der Waals surface area (Å²) in [5.41, 5.74) is 2.41. The lowest BCUT2D eigenvalue weighted by atomic mass is 10.1. The third-order valence-corrected chi connectivity index (χ3v) is 8.07. The van der Waals surface area contributed by atoms with Gasteiger partial charge in [0.1, 0.15) is 17.4 Å². The average molecular weight is 576 g/mol.